The summed E-state index contributed by atoms with van der Waals surface area (Å²) < 4.78 is 31.7. The molecule has 3 heterocycles. The Morgan fingerprint density at radius 2 is 1.84 bits per heavy atom. The molecule has 1 aliphatic heterocycles. The Kier molecular flexibility index (Phi) is 6.82. The number of piperidine rings is 1. The number of fused-ring (bicyclic) bond motifs is 2. The van der Waals surface area contributed by atoms with E-state index in [9.17, 15) is 13.2 Å². The van der Waals surface area contributed by atoms with Gasteiger partial charge in [0.2, 0.25) is 15.9 Å². The van der Waals surface area contributed by atoms with Gasteiger partial charge in [0.05, 0.1) is 17.0 Å². The molecule has 9 nitrogen and oxygen atoms in total. The Morgan fingerprint density at radius 3 is 2.57 bits per heavy atom. The van der Waals surface area contributed by atoms with E-state index in [4.69, 9.17) is 5.73 Å². The zero-order valence-electron chi connectivity index (χ0n) is 21.6. The molecule has 2 aromatic heterocycles. The fraction of sp³-hybridized carbons (Fsp3) is 0.407. The zero-order valence-corrected chi connectivity index (χ0v) is 22.4. The number of carbonyl (C=O) groups excluding carboxylic acids is 1. The number of nitrogens with one attached hydrogen (secondary N) is 1. The van der Waals surface area contributed by atoms with Crippen molar-refractivity contribution in [3.63, 3.8) is 0 Å². The molecule has 1 fully saturated rings. The van der Waals surface area contributed by atoms with Crippen molar-refractivity contribution in [1.82, 2.24) is 18.7 Å². The maximum absolute atomic E-state index is 13.3. The van der Waals surface area contributed by atoms with Gasteiger partial charge in [-0.2, -0.15) is 9.40 Å². The minimum absolute atomic E-state index is 0.161. The Bertz CT molecular complexity index is 1580. The maximum Gasteiger partial charge on any atom is 0.247 e. The third-order valence-corrected chi connectivity index (χ3v) is 9.16. The molecule has 1 aliphatic rings. The molecule has 10 heteroatoms. The summed E-state index contributed by atoms with van der Waals surface area (Å²) in [4.78, 5) is 13.6. The molecule has 1 atom stereocenters. The van der Waals surface area contributed by atoms with Crippen molar-refractivity contribution in [3.05, 3.63) is 53.9 Å². The molecule has 2 aromatic carbocycles. The van der Waals surface area contributed by atoms with Gasteiger partial charge in [0.25, 0.3) is 0 Å². The molecular weight excluding hydrogens is 488 g/mol. The van der Waals surface area contributed by atoms with Crippen LogP contribution in [0.1, 0.15) is 43.4 Å². The van der Waals surface area contributed by atoms with E-state index in [1.165, 1.54) is 0 Å². The van der Waals surface area contributed by atoms with Gasteiger partial charge >= 0.3 is 0 Å². The van der Waals surface area contributed by atoms with E-state index >= 15 is 0 Å². The Balaban J connectivity index is 1.41. The van der Waals surface area contributed by atoms with Gasteiger partial charge in [-0.15, -0.1) is 0 Å². The predicted molar refractivity (Wildman–Crippen MR) is 146 cm³/mol. The van der Waals surface area contributed by atoms with Crippen LogP contribution in [0.4, 0.5) is 5.69 Å². The molecule has 0 bridgehead atoms. The van der Waals surface area contributed by atoms with Crippen molar-refractivity contribution in [2.45, 2.75) is 57.5 Å². The molecule has 5 rings (SSSR count). The molecule has 0 radical (unpaired) electrons. The number of hydrogen-bond donors (Lipinski definition) is 2. The number of aromatic nitrogens is 3. The lowest BCUT2D eigenvalue weighted by molar-refractivity contribution is -0.118. The average molecular weight is 523 g/mol. The standard InChI is InChI=1S/C27H34N6O3S/c1-18-13-21-17-31(12-9-28)30-25(21)15-24(18)29-27(34)20(3)33-16-19(2)23-14-22(7-8-26(23)33)37(35,36)32-10-5-4-6-11-32/h7-8,13-17,20H,4-6,9-12,28H2,1-3H3,(H,29,34). The summed E-state index contributed by atoms with van der Waals surface area (Å²) in [5.74, 6) is -0.161. The highest BCUT2D eigenvalue weighted by Crippen LogP contribution is 2.30. The Morgan fingerprint density at radius 1 is 1.08 bits per heavy atom. The number of aryl methyl sites for hydroxylation is 2. The SMILES string of the molecule is Cc1cc2cn(CCN)nc2cc1NC(=O)C(C)n1cc(C)c2cc(S(=O)(=O)N3CCCCC3)ccc21. The van der Waals surface area contributed by atoms with Crippen molar-refractivity contribution >= 4 is 43.4 Å². The highest BCUT2D eigenvalue weighted by Gasteiger charge is 2.27. The topological polar surface area (TPSA) is 115 Å². The lowest BCUT2D eigenvalue weighted by Crippen LogP contribution is -2.35. The summed E-state index contributed by atoms with van der Waals surface area (Å²) in [6.45, 7) is 8.01. The first-order chi connectivity index (χ1) is 17.7. The number of carbonyl (C=O) groups is 1. The normalized spacial score (nSPS) is 15.9. The van der Waals surface area contributed by atoms with E-state index < -0.39 is 16.1 Å². The summed E-state index contributed by atoms with van der Waals surface area (Å²) in [6.07, 6.45) is 6.73. The third-order valence-electron chi connectivity index (χ3n) is 7.27. The van der Waals surface area contributed by atoms with Crippen LogP contribution in [0.2, 0.25) is 0 Å². The van der Waals surface area contributed by atoms with E-state index in [1.54, 1.807) is 16.4 Å². The van der Waals surface area contributed by atoms with Crippen LogP contribution >= 0.6 is 0 Å². The molecule has 0 aliphatic carbocycles. The highest BCUT2D eigenvalue weighted by atomic mass is 32.2. The molecule has 3 N–H and O–H groups in total. The van der Waals surface area contributed by atoms with Gasteiger partial charge in [0, 0.05) is 54.0 Å². The van der Waals surface area contributed by atoms with Crippen molar-refractivity contribution in [2.75, 3.05) is 25.0 Å². The first-order valence-corrected chi connectivity index (χ1v) is 14.2. The van der Waals surface area contributed by atoms with E-state index in [2.05, 4.69) is 10.4 Å². The fourth-order valence-electron chi connectivity index (χ4n) is 5.12. The number of amides is 1. The second-order valence-corrected chi connectivity index (χ2v) is 11.9. The quantitative estimate of drug-likeness (QED) is 0.381. The summed E-state index contributed by atoms with van der Waals surface area (Å²) in [7, 11) is -3.53. The molecule has 1 amide bonds. The second-order valence-electron chi connectivity index (χ2n) is 9.94. The average Bonchev–Trinajstić information content (AvgIpc) is 3.43. The maximum atomic E-state index is 13.3. The number of sulfonamides is 1. The zero-order chi connectivity index (χ0) is 26.3. The molecule has 0 spiro atoms. The Hall–Kier alpha value is -3.21. The first kappa shape index (κ1) is 25.4. The number of anilines is 1. The minimum atomic E-state index is -3.53. The fourth-order valence-corrected chi connectivity index (χ4v) is 6.66. The van der Waals surface area contributed by atoms with Crippen LogP contribution in [0, 0.1) is 13.8 Å². The predicted octanol–water partition coefficient (Wildman–Crippen LogP) is 3.94. The van der Waals surface area contributed by atoms with Gasteiger partial charge in [-0.3, -0.25) is 9.48 Å². The van der Waals surface area contributed by atoms with Gasteiger partial charge in [-0.05, 0) is 75.1 Å². The molecule has 1 unspecified atom stereocenters. The van der Waals surface area contributed by atoms with Crippen molar-refractivity contribution in [3.8, 4) is 0 Å². The van der Waals surface area contributed by atoms with E-state index in [0.717, 1.165) is 52.2 Å². The number of benzene rings is 2. The van der Waals surface area contributed by atoms with Gasteiger partial charge in [0.15, 0.2) is 0 Å². The van der Waals surface area contributed by atoms with Crippen LogP contribution in [0.5, 0.6) is 0 Å². The van der Waals surface area contributed by atoms with Crippen LogP contribution in [-0.4, -0.2) is 52.6 Å². The first-order valence-electron chi connectivity index (χ1n) is 12.8. The summed E-state index contributed by atoms with van der Waals surface area (Å²) in [6, 6.07) is 8.60. The number of nitrogens with two attached hydrogens (primary N) is 1. The number of hydrogen-bond acceptors (Lipinski definition) is 5. The van der Waals surface area contributed by atoms with Gasteiger partial charge in [-0.1, -0.05) is 6.42 Å². The third kappa shape index (κ3) is 4.76. The Labute approximate surface area is 217 Å². The minimum Gasteiger partial charge on any atom is -0.335 e. The molecule has 1 saturated heterocycles. The monoisotopic (exact) mass is 522 g/mol. The largest absolute Gasteiger partial charge is 0.335 e. The van der Waals surface area contributed by atoms with Crippen LogP contribution in [0.3, 0.4) is 0 Å². The number of nitrogens with zero attached hydrogens (tertiary/aromatic N) is 4. The van der Waals surface area contributed by atoms with Gasteiger partial charge in [-0.25, -0.2) is 8.42 Å². The summed E-state index contributed by atoms with van der Waals surface area (Å²) >= 11 is 0. The lowest BCUT2D eigenvalue weighted by atomic mass is 10.1. The van der Waals surface area contributed by atoms with Crippen molar-refractivity contribution in [2.24, 2.45) is 5.73 Å². The number of rotatable bonds is 7. The molecule has 0 saturated carbocycles. The van der Waals surface area contributed by atoms with Crippen molar-refractivity contribution in [1.29, 1.82) is 0 Å². The molecular formula is C27H34N6O3S. The van der Waals surface area contributed by atoms with Gasteiger partial charge in [0.1, 0.15) is 6.04 Å². The van der Waals surface area contributed by atoms with Crippen LogP contribution in [-0.2, 0) is 21.4 Å². The van der Waals surface area contributed by atoms with Crippen molar-refractivity contribution < 1.29 is 13.2 Å². The van der Waals surface area contributed by atoms with E-state index in [0.29, 0.717) is 36.8 Å². The van der Waals surface area contributed by atoms with Crippen LogP contribution in [0.25, 0.3) is 21.8 Å². The second kappa shape index (κ2) is 9.92. The smallest absolute Gasteiger partial charge is 0.247 e. The van der Waals surface area contributed by atoms with E-state index in [-0.39, 0.29) is 5.91 Å². The van der Waals surface area contributed by atoms with Crippen LogP contribution in [0.15, 0.2) is 47.6 Å². The lowest BCUT2D eigenvalue weighted by Gasteiger charge is -2.26. The highest BCUT2D eigenvalue weighted by molar-refractivity contribution is 7.89. The molecule has 37 heavy (non-hydrogen) atoms. The summed E-state index contributed by atoms with van der Waals surface area (Å²) in [5, 5.41) is 9.44. The van der Waals surface area contributed by atoms with E-state index in [1.807, 2.05) is 60.6 Å². The van der Waals surface area contributed by atoms with Gasteiger partial charge < -0.3 is 15.6 Å². The van der Waals surface area contributed by atoms with Crippen LogP contribution < -0.4 is 11.1 Å². The molecule has 196 valence electrons. The summed E-state index contributed by atoms with van der Waals surface area (Å²) in [5.41, 5.74) is 9.86. The molecule has 4 aromatic rings.